The zero-order chi connectivity index (χ0) is 22.5. The van der Waals surface area contributed by atoms with Gasteiger partial charge in [-0.05, 0) is 48.4 Å². The van der Waals surface area contributed by atoms with Crippen LogP contribution in [0.15, 0.2) is 100 Å². The lowest BCUT2D eigenvalue weighted by Gasteiger charge is -2.19. The minimum Gasteiger partial charge on any atom is -0.321 e. The van der Waals surface area contributed by atoms with E-state index >= 15 is 0 Å². The van der Waals surface area contributed by atoms with Gasteiger partial charge in [-0.3, -0.25) is 14.5 Å². The Kier molecular flexibility index (Phi) is 6.74. The molecule has 0 spiro atoms. The van der Waals surface area contributed by atoms with Gasteiger partial charge in [0.05, 0.1) is 5.25 Å². The van der Waals surface area contributed by atoms with Gasteiger partial charge in [0, 0.05) is 15.8 Å². The minimum atomic E-state index is -0.545. The van der Waals surface area contributed by atoms with Crippen LogP contribution < -0.4 is 10.2 Å². The van der Waals surface area contributed by atoms with E-state index in [9.17, 15) is 14.9 Å². The third-order valence-electron chi connectivity index (χ3n) is 4.89. The first kappa shape index (κ1) is 21.9. The fraction of sp³-hybridized carbons (Fsp3) is 0.0800. The van der Waals surface area contributed by atoms with Crippen LogP contribution in [0.4, 0.5) is 11.4 Å². The van der Waals surface area contributed by atoms with Gasteiger partial charge in [-0.2, -0.15) is 5.26 Å². The summed E-state index contributed by atoms with van der Waals surface area (Å²) in [6, 6.07) is 27.9. The molecule has 1 aliphatic heterocycles. The van der Waals surface area contributed by atoms with Gasteiger partial charge < -0.3 is 5.32 Å². The van der Waals surface area contributed by atoms with Gasteiger partial charge >= 0.3 is 0 Å². The minimum absolute atomic E-state index is 0.0920. The number of carbonyl (C=O) groups excluding carboxylic acids is 2. The summed E-state index contributed by atoms with van der Waals surface area (Å²) in [5, 5.41) is 12.5. The second-order valence-electron chi connectivity index (χ2n) is 7.06. The maximum Gasteiger partial charge on any atom is 0.269 e. The van der Waals surface area contributed by atoms with Gasteiger partial charge in [0.25, 0.3) is 5.91 Å². The molecule has 0 bridgehead atoms. The molecule has 5 nitrogen and oxygen atoms in total. The molecule has 2 amide bonds. The fourth-order valence-corrected chi connectivity index (χ4v) is 4.93. The summed E-state index contributed by atoms with van der Waals surface area (Å²) in [5.74, 6) is -0.701. The van der Waals surface area contributed by atoms with E-state index < -0.39 is 11.2 Å². The fourth-order valence-electron chi connectivity index (χ4n) is 3.36. The summed E-state index contributed by atoms with van der Waals surface area (Å²) < 4.78 is 0.870. The van der Waals surface area contributed by atoms with Crippen LogP contribution in [0.1, 0.15) is 5.56 Å². The Hall–Kier alpha value is -3.34. The van der Waals surface area contributed by atoms with Crippen molar-refractivity contribution in [3.8, 4) is 6.07 Å². The van der Waals surface area contributed by atoms with Crippen molar-refractivity contribution in [2.75, 3.05) is 10.2 Å². The van der Waals surface area contributed by atoms with Crippen LogP contribution in [0.2, 0.25) is 0 Å². The highest BCUT2D eigenvalue weighted by Gasteiger charge is 2.40. The van der Waals surface area contributed by atoms with Crippen molar-refractivity contribution in [1.82, 2.24) is 0 Å². The summed E-state index contributed by atoms with van der Waals surface area (Å²) in [4.78, 5) is 27.9. The second kappa shape index (κ2) is 9.86. The molecule has 32 heavy (non-hydrogen) atoms. The standard InChI is InChI=1S/C25H18BrN3O2S/c26-18-11-13-20(14-12-18)29-24(31)22(15-17-7-3-1-4-8-17)32-25(29)21(16-27)23(30)28-19-9-5-2-6-10-19/h1-14,22H,15H2,(H,28,30)/b25-21-/t22-/m0/s1. The van der Waals surface area contributed by atoms with Crippen LogP contribution in [0.3, 0.4) is 0 Å². The molecule has 1 N–H and O–H groups in total. The first-order valence-corrected chi connectivity index (χ1v) is 11.5. The molecule has 0 aromatic heterocycles. The van der Waals surface area contributed by atoms with E-state index in [1.165, 1.54) is 16.7 Å². The maximum atomic E-state index is 13.4. The number of para-hydroxylation sites is 1. The van der Waals surface area contributed by atoms with Crippen molar-refractivity contribution in [2.24, 2.45) is 0 Å². The third-order valence-corrected chi connectivity index (χ3v) is 6.68. The predicted molar refractivity (Wildman–Crippen MR) is 131 cm³/mol. The Balaban J connectivity index is 1.73. The van der Waals surface area contributed by atoms with Crippen molar-refractivity contribution < 1.29 is 9.59 Å². The quantitative estimate of drug-likeness (QED) is 0.367. The van der Waals surface area contributed by atoms with Gasteiger partial charge in [0.2, 0.25) is 5.91 Å². The highest BCUT2D eigenvalue weighted by atomic mass is 79.9. The number of rotatable bonds is 5. The zero-order valence-electron chi connectivity index (χ0n) is 16.9. The number of nitrogens with one attached hydrogen (secondary N) is 1. The first-order valence-electron chi connectivity index (χ1n) is 9.87. The largest absolute Gasteiger partial charge is 0.321 e. The number of carbonyl (C=O) groups is 2. The SMILES string of the molecule is N#C/C(C(=O)Nc1ccccc1)=C1/S[C@@H](Cc2ccccc2)C(=O)N1c1ccc(Br)cc1. The summed E-state index contributed by atoms with van der Waals surface area (Å²) in [6.45, 7) is 0. The molecule has 1 saturated heterocycles. The maximum absolute atomic E-state index is 13.4. The number of hydrogen-bond acceptors (Lipinski definition) is 4. The average molecular weight is 504 g/mol. The number of benzene rings is 3. The topological polar surface area (TPSA) is 73.2 Å². The molecule has 0 radical (unpaired) electrons. The Morgan fingerprint density at radius 2 is 1.62 bits per heavy atom. The predicted octanol–water partition coefficient (Wildman–Crippen LogP) is 5.51. The second-order valence-corrected chi connectivity index (χ2v) is 9.17. The van der Waals surface area contributed by atoms with Crippen LogP contribution in [-0.2, 0) is 16.0 Å². The van der Waals surface area contributed by atoms with Gasteiger partial charge in [-0.15, -0.1) is 0 Å². The Morgan fingerprint density at radius 1 is 1.00 bits per heavy atom. The van der Waals surface area contributed by atoms with E-state index in [4.69, 9.17) is 0 Å². The molecule has 0 saturated carbocycles. The van der Waals surface area contributed by atoms with Gasteiger partial charge in [0.15, 0.2) is 0 Å². The third kappa shape index (κ3) is 4.77. The van der Waals surface area contributed by atoms with E-state index in [0.29, 0.717) is 22.8 Å². The normalized spacial score (nSPS) is 17.1. The van der Waals surface area contributed by atoms with E-state index in [1.807, 2.05) is 54.6 Å². The molecule has 1 fully saturated rings. The zero-order valence-corrected chi connectivity index (χ0v) is 19.3. The Bertz CT molecular complexity index is 1210. The molecule has 1 aliphatic rings. The number of anilines is 2. The molecule has 3 aromatic carbocycles. The van der Waals surface area contributed by atoms with Gasteiger partial charge in [-0.1, -0.05) is 76.2 Å². The number of hydrogen-bond donors (Lipinski definition) is 1. The van der Waals surface area contributed by atoms with Crippen molar-refractivity contribution in [3.63, 3.8) is 0 Å². The first-order chi connectivity index (χ1) is 15.6. The molecule has 1 heterocycles. The van der Waals surface area contributed by atoms with E-state index in [-0.39, 0.29) is 11.5 Å². The average Bonchev–Trinajstić information content (AvgIpc) is 3.12. The van der Waals surface area contributed by atoms with Crippen molar-refractivity contribution in [3.05, 3.63) is 106 Å². The van der Waals surface area contributed by atoms with E-state index in [2.05, 4.69) is 21.2 Å². The number of halogens is 1. The van der Waals surface area contributed by atoms with Crippen LogP contribution >= 0.6 is 27.7 Å². The summed E-state index contributed by atoms with van der Waals surface area (Å²) in [5.41, 5.74) is 2.11. The molecular formula is C25H18BrN3O2S. The van der Waals surface area contributed by atoms with Crippen LogP contribution in [0.25, 0.3) is 0 Å². The smallest absolute Gasteiger partial charge is 0.269 e. The molecule has 0 aliphatic carbocycles. The molecule has 1 atom stereocenters. The molecule has 0 unspecified atom stereocenters. The lowest BCUT2D eigenvalue weighted by atomic mass is 10.1. The lowest BCUT2D eigenvalue weighted by molar-refractivity contribution is -0.117. The highest BCUT2D eigenvalue weighted by molar-refractivity contribution is 9.10. The van der Waals surface area contributed by atoms with Gasteiger partial charge in [-0.25, -0.2) is 0 Å². The summed E-state index contributed by atoms with van der Waals surface area (Å²) >= 11 is 4.66. The van der Waals surface area contributed by atoms with Crippen LogP contribution in [-0.4, -0.2) is 17.1 Å². The van der Waals surface area contributed by atoms with Crippen LogP contribution in [0.5, 0.6) is 0 Å². The molecule has 4 rings (SSSR count). The molecule has 158 valence electrons. The number of nitriles is 1. The lowest BCUT2D eigenvalue weighted by Crippen LogP contribution is -2.30. The molecule has 7 heteroatoms. The van der Waals surface area contributed by atoms with E-state index in [1.54, 1.807) is 36.4 Å². The number of amides is 2. The van der Waals surface area contributed by atoms with Crippen molar-refractivity contribution >= 4 is 50.9 Å². The molecular weight excluding hydrogens is 486 g/mol. The van der Waals surface area contributed by atoms with Gasteiger partial charge in [0.1, 0.15) is 16.7 Å². The monoisotopic (exact) mass is 503 g/mol. The summed E-state index contributed by atoms with van der Waals surface area (Å²) in [7, 11) is 0. The van der Waals surface area contributed by atoms with E-state index in [0.717, 1.165) is 10.0 Å². The number of thioether (sulfide) groups is 1. The van der Waals surface area contributed by atoms with Crippen molar-refractivity contribution in [1.29, 1.82) is 5.26 Å². The Labute approximate surface area is 198 Å². The Morgan fingerprint density at radius 3 is 2.25 bits per heavy atom. The van der Waals surface area contributed by atoms with Crippen molar-refractivity contribution in [2.45, 2.75) is 11.7 Å². The highest BCUT2D eigenvalue weighted by Crippen LogP contribution is 2.42. The number of nitrogens with zero attached hydrogens (tertiary/aromatic N) is 2. The molecule has 3 aromatic rings. The van der Waals surface area contributed by atoms with Crippen LogP contribution in [0, 0.1) is 11.3 Å². The summed E-state index contributed by atoms with van der Waals surface area (Å²) in [6.07, 6.45) is 0.500.